The molecular weight excluding hydrogens is 262 g/mol. The fourth-order valence-corrected chi connectivity index (χ4v) is 3.54. The van der Waals surface area contributed by atoms with Gasteiger partial charge >= 0.3 is 0 Å². The summed E-state index contributed by atoms with van der Waals surface area (Å²) in [6.45, 7) is 6.13. The molecule has 1 saturated heterocycles. The van der Waals surface area contributed by atoms with Gasteiger partial charge in [0, 0.05) is 30.1 Å². The fraction of sp³-hybridized carbons (Fsp3) is 0.765. The molecule has 2 heterocycles. The Morgan fingerprint density at radius 2 is 2.24 bits per heavy atom. The van der Waals surface area contributed by atoms with Crippen LogP contribution >= 0.6 is 0 Å². The highest BCUT2D eigenvalue weighted by Crippen LogP contribution is 2.34. The van der Waals surface area contributed by atoms with E-state index in [1.807, 2.05) is 0 Å². The van der Waals surface area contributed by atoms with Gasteiger partial charge < -0.3 is 10.1 Å². The molecule has 0 saturated carbocycles. The van der Waals surface area contributed by atoms with Crippen LogP contribution in [-0.4, -0.2) is 23.1 Å². The van der Waals surface area contributed by atoms with Gasteiger partial charge in [0.25, 0.3) is 0 Å². The van der Waals surface area contributed by atoms with Crippen LogP contribution in [0, 0.1) is 0 Å². The van der Waals surface area contributed by atoms with E-state index in [1.54, 1.807) is 0 Å². The van der Waals surface area contributed by atoms with Crippen molar-refractivity contribution in [3.63, 3.8) is 0 Å². The van der Waals surface area contributed by atoms with Crippen LogP contribution in [0.4, 0.5) is 0 Å². The average Bonchev–Trinajstić information content (AvgIpc) is 2.70. The molecule has 1 aromatic heterocycles. The lowest BCUT2D eigenvalue weighted by atomic mass is 9.94. The Labute approximate surface area is 127 Å². The Balaban J connectivity index is 1.91. The van der Waals surface area contributed by atoms with E-state index in [-0.39, 0.29) is 5.60 Å². The van der Waals surface area contributed by atoms with Gasteiger partial charge in [-0.25, -0.2) is 9.97 Å². The molecule has 0 amide bonds. The molecule has 1 aliphatic heterocycles. The van der Waals surface area contributed by atoms with Crippen LogP contribution in [-0.2, 0) is 16.8 Å². The zero-order valence-electron chi connectivity index (χ0n) is 13.3. The van der Waals surface area contributed by atoms with Gasteiger partial charge in [-0.05, 0) is 52.0 Å². The maximum Gasteiger partial charge on any atom is 0.160 e. The summed E-state index contributed by atoms with van der Waals surface area (Å²) < 4.78 is 6.01. The van der Waals surface area contributed by atoms with E-state index in [4.69, 9.17) is 9.72 Å². The summed E-state index contributed by atoms with van der Waals surface area (Å²) in [5.74, 6) is 0.887. The first-order valence-electron chi connectivity index (χ1n) is 8.46. The third-order valence-corrected chi connectivity index (χ3v) is 4.82. The quantitative estimate of drug-likeness (QED) is 0.868. The standard InChI is InChI=1S/C17H27N3O/c1-3-18-14-8-4-5-9-15-13(14)12-19-16(20-15)17(2)10-6-7-11-21-17/h12,14,18H,3-11H2,1-2H3. The zero-order chi connectivity index (χ0) is 14.7. The minimum atomic E-state index is -0.284. The number of nitrogens with one attached hydrogen (secondary N) is 1. The van der Waals surface area contributed by atoms with Gasteiger partial charge in [-0.15, -0.1) is 0 Å². The largest absolute Gasteiger partial charge is 0.367 e. The van der Waals surface area contributed by atoms with Crippen LogP contribution in [0.25, 0.3) is 0 Å². The molecule has 0 bridgehead atoms. The molecule has 1 aliphatic carbocycles. The van der Waals surface area contributed by atoms with Gasteiger partial charge in [0.05, 0.1) is 0 Å². The third-order valence-electron chi connectivity index (χ3n) is 4.82. The van der Waals surface area contributed by atoms with E-state index in [0.717, 1.165) is 38.2 Å². The lowest BCUT2D eigenvalue weighted by molar-refractivity contribution is -0.0762. The molecular formula is C17H27N3O. The third kappa shape index (κ3) is 3.11. The minimum Gasteiger partial charge on any atom is -0.367 e. The summed E-state index contributed by atoms with van der Waals surface area (Å²) in [5.41, 5.74) is 2.25. The van der Waals surface area contributed by atoms with Crippen molar-refractivity contribution in [3.8, 4) is 0 Å². The highest BCUT2D eigenvalue weighted by molar-refractivity contribution is 5.24. The SMILES string of the molecule is CCNC1CCCCc2nc(C3(C)CCCCO3)ncc21. The second kappa shape index (κ2) is 6.41. The van der Waals surface area contributed by atoms with E-state index in [2.05, 4.69) is 30.3 Å². The van der Waals surface area contributed by atoms with E-state index >= 15 is 0 Å². The lowest BCUT2D eigenvalue weighted by Crippen LogP contribution is -2.33. The molecule has 0 spiro atoms. The number of ether oxygens (including phenoxy) is 1. The van der Waals surface area contributed by atoms with Gasteiger partial charge in [0.2, 0.25) is 0 Å². The van der Waals surface area contributed by atoms with Crippen LogP contribution in [0.1, 0.15) is 75.5 Å². The zero-order valence-corrected chi connectivity index (χ0v) is 13.3. The number of hydrogen-bond acceptors (Lipinski definition) is 4. The Kier molecular flexibility index (Phi) is 4.55. The summed E-state index contributed by atoms with van der Waals surface area (Å²) in [6, 6.07) is 0.418. The van der Waals surface area contributed by atoms with Gasteiger partial charge in [-0.3, -0.25) is 0 Å². The average molecular weight is 289 g/mol. The van der Waals surface area contributed by atoms with E-state index < -0.39 is 0 Å². The maximum absolute atomic E-state index is 6.01. The fourth-order valence-electron chi connectivity index (χ4n) is 3.54. The molecule has 1 fully saturated rings. The number of nitrogens with zero attached hydrogens (tertiary/aromatic N) is 2. The molecule has 2 atom stereocenters. The molecule has 0 aromatic carbocycles. The van der Waals surface area contributed by atoms with Gasteiger partial charge in [0.1, 0.15) is 5.60 Å². The van der Waals surface area contributed by atoms with Crippen molar-refractivity contribution in [3.05, 3.63) is 23.3 Å². The van der Waals surface area contributed by atoms with Crippen molar-refractivity contribution in [2.24, 2.45) is 0 Å². The molecule has 21 heavy (non-hydrogen) atoms. The highest BCUT2D eigenvalue weighted by Gasteiger charge is 2.34. The molecule has 1 aromatic rings. The van der Waals surface area contributed by atoms with E-state index in [1.165, 1.54) is 36.9 Å². The van der Waals surface area contributed by atoms with Crippen molar-refractivity contribution in [1.29, 1.82) is 0 Å². The summed E-state index contributed by atoms with van der Waals surface area (Å²) >= 11 is 0. The number of hydrogen-bond donors (Lipinski definition) is 1. The number of aromatic nitrogens is 2. The van der Waals surface area contributed by atoms with Crippen molar-refractivity contribution < 1.29 is 4.74 Å². The van der Waals surface area contributed by atoms with Crippen molar-refractivity contribution >= 4 is 0 Å². The summed E-state index contributed by atoms with van der Waals surface area (Å²) in [6.07, 6.45) is 10.2. The molecule has 1 N–H and O–H groups in total. The first-order valence-corrected chi connectivity index (χ1v) is 8.46. The van der Waals surface area contributed by atoms with Crippen molar-refractivity contribution in [2.45, 2.75) is 70.4 Å². The molecule has 4 nitrogen and oxygen atoms in total. The monoisotopic (exact) mass is 289 g/mol. The molecule has 3 rings (SSSR count). The van der Waals surface area contributed by atoms with Crippen LogP contribution in [0.2, 0.25) is 0 Å². The van der Waals surface area contributed by atoms with Crippen LogP contribution in [0.15, 0.2) is 6.20 Å². The smallest absolute Gasteiger partial charge is 0.160 e. The van der Waals surface area contributed by atoms with Gasteiger partial charge in [0.15, 0.2) is 5.82 Å². The predicted octanol–water partition coefficient (Wildman–Crippen LogP) is 3.27. The van der Waals surface area contributed by atoms with Crippen LogP contribution in [0.3, 0.4) is 0 Å². The van der Waals surface area contributed by atoms with E-state index in [0.29, 0.717) is 6.04 Å². The Hall–Kier alpha value is -1.00. The van der Waals surface area contributed by atoms with Crippen LogP contribution < -0.4 is 5.32 Å². The summed E-state index contributed by atoms with van der Waals surface area (Å²) in [4.78, 5) is 9.61. The molecule has 0 radical (unpaired) electrons. The van der Waals surface area contributed by atoms with E-state index in [9.17, 15) is 0 Å². The van der Waals surface area contributed by atoms with Gasteiger partial charge in [-0.2, -0.15) is 0 Å². The molecule has 2 unspecified atom stereocenters. The number of fused-ring (bicyclic) bond motifs is 1. The first-order chi connectivity index (χ1) is 10.2. The topological polar surface area (TPSA) is 47.0 Å². The van der Waals surface area contributed by atoms with Crippen molar-refractivity contribution in [2.75, 3.05) is 13.2 Å². The predicted molar refractivity (Wildman–Crippen MR) is 83.2 cm³/mol. The van der Waals surface area contributed by atoms with Crippen LogP contribution in [0.5, 0.6) is 0 Å². The second-order valence-corrected chi connectivity index (χ2v) is 6.49. The Morgan fingerprint density at radius 3 is 3.00 bits per heavy atom. The lowest BCUT2D eigenvalue weighted by Gasteiger charge is -2.33. The van der Waals surface area contributed by atoms with Gasteiger partial charge in [-0.1, -0.05) is 13.3 Å². The minimum absolute atomic E-state index is 0.284. The van der Waals surface area contributed by atoms with Crippen molar-refractivity contribution in [1.82, 2.24) is 15.3 Å². The molecule has 4 heteroatoms. The first kappa shape index (κ1) is 14.9. The normalized spacial score (nSPS) is 29.7. The summed E-state index contributed by atoms with van der Waals surface area (Å²) in [5, 5.41) is 3.58. The Bertz CT molecular complexity index is 483. The number of rotatable bonds is 3. The number of aryl methyl sites for hydroxylation is 1. The summed E-state index contributed by atoms with van der Waals surface area (Å²) in [7, 11) is 0. The second-order valence-electron chi connectivity index (χ2n) is 6.49. The highest BCUT2D eigenvalue weighted by atomic mass is 16.5. The molecule has 2 aliphatic rings. The maximum atomic E-state index is 6.01. The molecule has 116 valence electrons. The Morgan fingerprint density at radius 1 is 1.33 bits per heavy atom.